The van der Waals surface area contributed by atoms with E-state index in [9.17, 15) is 0 Å². The predicted molar refractivity (Wildman–Crippen MR) is 78.7 cm³/mol. The lowest BCUT2D eigenvalue weighted by Crippen LogP contribution is -2.41. The van der Waals surface area contributed by atoms with Crippen LogP contribution in [0.2, 0.25) is 0 Å². The van der Waals surface area contributed by atoms with Gasteiger partial charge >= 0.3 is 7.12 Å². The normalized spacial score (nSPS) is 20.1. The lowest BCUT2D eigenvalue weighted by molar-refractivity contribution is 0.00578. The Morgan fingerprint density at radius 2 is 1.65 bits per heavy atom. The minimum atomic E-state index is -0.306. The van der Waals surface area contributed by atoms with Crippen LogP contribution in [0.3, 0.4) is 0 Å². The highest BCUT2D eigenvalue weighted by molar-refractivity contribution is 6.45. The zero-order valence-corrected chi connectivity index (χ0v) is 12.9. The van der Waals surface area contributed by atoms with Crippen LogP contribution < -0.4 is 4.74 Å². The first kappa shape index (κ1) is 15.4. The summed E-state index contributed by atoms with van der Waals surface area (Å²) in [5, 5.41) is 0. The van der Waals surface area contributed by atoms with E-state index in [1.165, 1.54) is 0 Å². The van der Waals surface area contributed by atoms with E-state index in [4.69, 9.17) is 18.8 Å². The molecule has 0 N–H and O–H groups in total. The number of hydrogen-bond acceptors (Lipinski definition) is 4. The Bertz CT molecular complexity index is 443. The van der Waals surface area contributed by atoms with Gasteiger partial charge in [0.05, 0.1) is 11.2 Å². The van der Waals surface area contributed by atoms with Gasteiger partial charge in [0.2, 0.25) is 0 Å². The molecular formula is C15H23BO4. The molecule has 1 aliphatic rings. The molecule has 0 saturated carbocycles. The summed E-state index contributed by atoms with van der Waals surface area (Å²) in [7, 11) is 1.35. The van der Waals surface area contributed by atoms with Crippen molar-refractivity contribution in [3.63, 3.8) is 0 Å². The average Bonchev–Trinajstić information content (AvgIpc) is 2.56. The summed E-state index contributed by atoms with van der Waals surface area (Å²) in [4.78, 5) is 0. The van der Waals surface area contributed by atoms with Crippen LogP contribution in [0.25, 0.3) is 0 Å². The van der Waals surface area contributed by atoms with Crippen molar-refractivity contribution in [2.24, 2.45) is 0 Å². The lowest BCUT2D eigenvalue weighted by Gasteiger charge is -2.32. The SMILES string of the molecule is COCOc1ccccc1CB1OC(C)(C)C(C)(C)O1. The summed E-state index contributed by atoms with van der Waals surface area (Å²) in [5.74, 6) is 0.809. The lowest BCUT2D eigenvalue weighted by atomic mass is 9.80. The van der Waals surface area contributed by atoms with Gasteiger partial charge in [-0.2, -0.15) is 0 Å². The number of methoxy groups -OCH3 is 1. The maximum Gasteiger partial charge on any atom is 0.462 e. The van der Waals surface area contributed by atoms with Crippen molar-refractivity contribution in [2.45, 2.75) is 45.2 Å². The van der Waals surface area contributed by atoms with Gasteiger partial charge in [0.15, 0.2) is 6.79 Å². The van der Waals surface area contributed by atoms with E-state index in [1.54, 1.807) is 7.11 Å². The second kappa shape index (κ2) is 5.76. The zero-order chi connectivity index (χ0) is 14.8. The molecule has 4 nitrogen and oxygen atoms in total. The predicted octanol–water partition coefficient (Wildman–Crippen LogP) is 2.84. The fraction of sp³-hybridized carbons (Fsp3) is 0.600. The molecule has 0 amide bonds. The second-order valence-corrected chi connectivity index (χ2v) is 6.05. The summed E-state index contributed by atoms with van der Waals surface area (Å²) < 4.78 is 22.6. The van der Waals surface area contributed by atoms with E-state index < -0.39 is 0 Å². The largest absolute Gasteiger partial charge is 0.467 e. The van der Waals surface area contributed by atoms with E-state index in [2.05, 4.69) is 27.7 Å². The van der Waals surface area contributed by atoms with Crippen LogP contribution in [-0.2, 0) is 20.4 Å². The Hall–Kier alpha value is -1.04. The van der Waals surface area contributed by atoms with Crippen LogP contribution in [0.1, 0.15) is 33.3 Å². The van der Waals surface area contributed by atoms with Crippen LogP contribution >= 0.6 is 0 Å². The molecule has 0 radical (unpaired) electrons. The van der Waals surface area contributed by atoms with Gasteiger partial charge < -0.3 is 18.8 Å². The second-order valence-electron chi connectivity index (χ2n) is 6.05. The Kier molecular flexibility index (Phi) is 4.42. The van der Waals surface area contributed by atoms with Gasteiger partial charge in [-0.1, -0.05) is 18.2 Å². The Balaban J connectivity index is 2.08. The first-order valence-corrected chi connectivity index (χ1v) is 6.91. The maximum absolute atomic E-state index is 6.02. The molecule has 1 saturated heterocycles. The molecular weight excluding hydrogens is 255 g/mol. The Morgan fingerprint density at radius 1 is 1.05 bits per heavy atom. The molecule has 0 unspecified atom stereocenters. The molecule has 5 heteroatoms. The minimum absolute atomic E-state index is 0.236. The molecule has 0 spiro atoms. The molecule has 2 rings (SSSR count). The van der Waals surface area contributed by atoms with Crippen molar-refractivity contribution in [2.75, 3.05) is 13.9 Å². The fourth-order valence-corrected chi connectivity index (χ4v) is 2.16. The van der Waals surface area contributed by atoms with E-state index in [0.29, 0.717) is 6.32 Å². The molecule has 110 valence electrons. The van der Waals surface area contributed by atoms with Crippen LogP contribution in [0.5, 0.6) is 5.75 Å². The number of ether oxygens (including phenoxy) is 2. The summed E-state index contributed by atoms with van der Waals surface area (Å²) in [5.41, 5.74) is 0.447. The number of benzene rings is 1. The Morgan fingerprint density at radius 3 is 2.25 bits per heavy atom. The van der Waals surface area contributed by atoms with E-state index in [-0.39, 0.29) is 25.1 Å². The van der Waals surface area contributed by atoms with Gasteiger partial charge in [-0.25, -0.2) is 0 Å². The van der Waals surface area contributed by atoms with Crippen LogP contribution in [0, 0.1) is 0 Å². The standard InChI is InChI=1S/C15H23BO4/c1-14(2)15(3,4)20-16(19-14)10-12-8-6-7-9-13(12)18-11-17-5/h6-9H,10-11H2,1-5H3. The third-order valence-corrected chi connectivity index (χ3v) is 3.99. The van der Waals surface area contributed by atoms with E-state index in [1.807, 2.05) is 24.3 Å². The fourth-order valence-electron chi connectivity index (χ4n) is 2.16. The van der Waals surface area contributed by atoms with Gasteiger partial charge in [-0.3, -0.25) is 0 Å². The zero-order valence-electron chi connectivity index (χ0n) is 12.9. The van der Waals surface area contributed by atoms with Crippen LogP contribution in [-0.4, -0.2) is 32.2 Å². The summed E-state index contributed by atoms with van der Waals surface area (Å²) >= 11 is 0. The Labute approximate surface area is 121 Å². The van der Waals surface area contributed by atoms with Crippen molar-refractivity contribution in [1.82, 2.24) is 0 Å². The molecule has 1 aromatic rings. The maximum atomic E-state index is 6.02. The highest BCUT2D eigenvalue weighted by atomic mass is 16.7. The van der Waals surface area contributed by atoms with Crippen molar-refractivity contribution in [3.05, 3.63) is 29.8 Å². The topological polar surface area (TPSA) is 36.9 Å². The minimum Gasteiger partial charge on any atom is -0.467 e. The quantitative estimate of drug-likeness (QED) is 0.613. The van der Waals surface area contributed by atoms with Gasteiger partial charge in [0.25, 0.3) is 0 Å². The third-order valence-electron chi connectivity index (χ3n) is 3.99. The monoisotopic (exact) mass is 278 g/mol. The van der Waals surface area contributed by atoms with E-state index >= 15 is 0 Å². The first-order valence-electron chi connectivity index (χ1n) is 6.91. The van der Waals surface area contributed by atoms with Gasteiger partial charge in [-0.15, -0.1) is 0 Å². The highest BCUT2D eigenvalue weighted by Gasteiger charge is 2.50. The molecule has 20 heavy (non-hydrogen) atoms. The number of para-hydroxylation sites is 1. The molecule has 0 bridgehead atoms. The average molecular weight is 278 g/mol. The summed E-state index contributed by atoms with van der Waals surface area (Å²) in [6, 6.07) is 7.88. The molecule has 1 aliphatic heterocycles. The molecule has 0 aliphatic carbocycles. The first-order chi connectivity index (χ1) is 9.36. The molecule has 1 fully saturated rings. The number of hydrogen-bond donors (Lipinski definition) is 0. The molecule has 0 aromatic heterocycles. The summed E-state index contributed by atoms with van der Waals surface area (Å²) in [6.07, 6.45) is 0.659. The smallest absolute Gasteiger partial charge is 0.462 e. The van der Waals surface area contributed by atoms with Crippen molar-refractivity contribution >= 4 is 7.12 Å². The van der Waals surface area contributed by atoms with Crippen LogP contribution in [0.4, 0.5) is 0 Å². The van der Waals surface area contributed by atoms with Gasteiger partial charge in [0.1, 0.15) is 5.75 Å². The molecule has 1 aromatic carbocycles. The van der Waals surface area contributed by atoms with Gasteiger partial charge in [-0.05, 0) is 39.3 Å². The van der Waals surface area contributed by atoms with E-state index in [0.717, 1.165) is 11.3 Å². The molecule has 0 atom stereocenters. The van der Waals surface area contributed by atoms with Crippen molar-refractivity contribution < 1.29 is 18.8 Å². The summed E-state index contributed by atoms with van der Waals surface area (Å²) in [6.45, 7) is 8.46. The third kappa shape index (κ3) is 3.16. The van der Waals surface area contributed by atoms with Crippen molar-refractivity contribution in [1.29, 1.82) is 0 Å². The highest BCUT2D eigenvalue weighted by Crippen LogP contribution is 2.38. The molecule has 1 heterocycles. The van der Waals surface area contributed by atoms with Crippen molar-refractivity contribution in [3.8, 4) is 5.75 Å². The van der Waals surface area contributed by atoms with Gasteiger partial charge in [0, 0.05) is 13.4 Å². The number of rotatable bonds is 5. The van der Waals surface area contributed by atoms with Crippen LogP contribution in [0.15, 0.2) is 24.3 Å².